The minimum absolute atomic E-state index is 0.104. The van der Waals surface area contributed by atoms with E-state index in [4.69, 9.17) is 16.3 Å². The van der Waals surface area contributed by atoms with Gasteiger partial charge >= 0.3 is 0 Å². The number of sulfonamides is 1. The molecule has 2 amide bonds. The Bertz CT molecular complexity index is 1000. The largest absolute Gasteiger partial charge is 0.496 e. The van der Waals surface area contributed by atoms with E-state index in [9.17, 15) is 22.4 Å². The summed E-state index contributed by atoms with van der Waals surface area (Å²) >= 11 is 5.82. The summed E-state index contributed by atoms with van der Waals surface area (Å²) in [6, 6.07) is 7.72. The normalized spacial score (nSPS) is 12.1. The fraction of sp³-hybridized carbons (Fsp3) is 0.176. The first kappa shape index (κ1) is 21.6. The van der Waals surface area contributed by atoms with Gasteiger partial charge in [0.25, 0.3) is 11.8 Å². The van der Waals surface area contributed by atoms with Gasteiger partial charge in [-0.15, -0.1) is 0 Å². The second-order valence-electron chi connectivity index (χ2n) is 5.56. The van der Waals surface area contributed by atoms with Gasteiger partial charge in [0.1, 0.15) is 16.5 Å². The number of benzene rings is 2. The molecule has 0 saturated heterocycles. The number of methoxy groups -OCH3 is 1. The van der Waals surface area contributed by atoms with Gasteiger partial charge in [-0.2, -0.15) is 4.72 Å². The fourth-order valence-corrected chi connectivity index (χ4v) is 3.60. The van der Waals surface area contributed by atoms with Crippen molar-refractivity contribution < 1.29 is 27.1 Å². The topological polar surface area (TPSA) is 114 Å². The molecule has 0 bridgehead atoms. The Labute approximate surface area is 166 Å². The molecule has 0 aromatic heterocycles. The molecule has 150 valence electrons. The molecule has 0 aliphatic carbocycles. The van der Waals surface area contributed by atoms with Crippen LogP contribution < -0.4 is 20.3 Å². The monoisotopic (exact) mass is 429 g/mol. The summed E-state index contributed by atoms with van der Waals surface area (Å²) in [4.78, 5) is 23.7. The van der Waals surface area contributed by atoms with E-state index in [1.807, 2.05) is 4.72 Å². The SMILES string of the molecule is COc1cc(Cl)ccc1C(=O)NNC(=O)[C@H](C)NS(=O)(=O)c1ccccc1F. The van der Waals surface area contributed by atoms with E-state index in [2.05, 4.69) is 10.9 Å². The van der Waals surface area contributed by atoms with Crippen LogP contribution in [0.2, 0.25) is 5.02 Å². The average Bonchev–Trinajstić information content (AvgIpc) is 2.65. The predicted octanol–water partition coefficient (Wildman–Crippen LogP) is 1.62. The number of hydrogen-bond donors (Lipinski definition) is 3. The van der Waals surface area contributed by atoms with Gasteiger partial charge < -0.3 is 4.74 Å². The van der Waals surface area contributed by atoms with Crippen LogP contribution in [0.4, 0.5) is 4.39 Å². The third-order valence-electron chi connectivity index (χ3n) is 3.56. The number of hydrazine groups is 1. The molecule has 28 heavy (non-hydrogen) atoms. The number of amides is 2. The van der Waals surface area contributed by atoms with Gasteiger partial charge in [0.15, 0.2) is 0 Å². The van der Waals surface area contributed by atoms with E-state index in [0.29, 0.717) is 5.02 Å². The summed E-state index contributed by atoms with van der Waals surface area (Å²) in [5, 5.41) is 0.355. The molecule has 0 aliphatic rings. The number of hydrogen-bond acceptors (Lipinski definition) is 5. The number of carbonyl (C=O) groups is 2. The molecular formula is C17H17ClFN3O5S. The molecule has 0 fully saturated rings. The van der Waals surface area contributed by atoms with Gasteiger partial charge in [-0.1, -0.05) is 23.7 Å². The Morgan fingerprint density at radius 3 is 2.46 bits per heavy atom. The van der Waals surface area contributed by atoms with Gasteiger partial charge in [-0.3, -0.25) is 20.4 Å². The lowest BCUT2D eigenvalue weighted by Gasteiger charge is -2.16. The second kappa shape index (κ2) is 9.00. The molecule has 2 aromatic rings. The zero-order chi connectivity index (χ0) is 20.9. The van der Waals surface area contributed by atoms with Gasteiger partial charge in [-0.25, -0.2) is 12.8 Å². The van der Waals surface area contributed by atoms with Crippen LogP contribution in [0.15, 0.2) is 47.4 Å². The van der Waals surface area contributed by atoms with Crippen molar-refractivity contribution in [3.8, 4) is 5.75 Å². The van der Waals surface area contributed by atoms with Crippen molar-refractivity contribution >= 4 is 33.4 Å². The standard InChI is InChI=1S/C17H17ClFN3O5S/c1-10(22-28(25,26)15-6-4-3-5-13(15)19)16(23)20-21-17(24)12-8-7-11(18)9-14(12)27-2/h3-10,22H,1-2H3,(H,20,23)(H,21,24)/t10-/m0/s1. The van der Waals surface area contributed by atoms with Gasteiger partial charge in [0.05, 0.1) is 18.7 Å². The lowest BCUT2D eigenvalue weighted by atomic mass is 10.2. The first-order chi connectivity index (χ1) is 13.2. The second-order valence-corrected chi connectivity index (χ2v) is 7.68. The highest BCUT2D eigenvalue weighted by molar-refractivity contribution is 7.89. The van der Waals surface area contributed by atoms with Gasteiger partial charge in [0.2, 0.25) is 10.0 Å². The predicted molar refractivity (Wildman–Crippen MR) is 99.8 cm³/mol. The van der Waals surface area contributed by atoms with E-state index in [-0.39, 0.29) is 11.3 Å². The van der Waals surface area contributed by atoms with Crippen molar-refractivity contribution in [3.63, 3.8) is 0 Å². The molecule has 0 spiro atoms. The van der Waals surface area contributed by atoms with Crippen LogP contribution in [0.3, 0.4) is 0 Å². The Morgan fingerprint density at radius 2 is 1.82 bits per heavy atom. The lowest BCUT2D eigenvalue weighted by Crippen LogP contribution is -2.51. The first-order valence-electron chi connectivity index (χ1n) is 7.86. The van der Waals surface area contributed by atoms with Crippen LogP contribution in [0, 0.1) is 5.82 Å². The number of carbonyl (C=O) groups excluding carboxylic acids is 2. The van der Waals surface area contributed by atoms with Gasteiger partial charge in [0, 0.05) is 5.02 Å². The minimum Gasteiger partial charge on any atom is -0.496 e. The van der Waals surface area contributed by atoms with Crippen molar-refractivity contribution in [2.45, 2.75) is 17.9 Å². The molecule has 0 radical (unpaired) electrons. The van der Waals surface area contributed by atoms with Crippen molar-refractivity contribution in [3.05, 3.63) is 58.9 Å². The zero-order valence-corrected chi connectivity index (χ0v) is 16.4. The van der Waals surface area contributed by atoms with Crippen molar-refractivity contribution in [2.75, 3.05) is 7.11 Å². The lowest BCUT2D eigenvalue weighted by molar-refractivity contribution is -0.123. The molecule has 11 heteroatoms. The number of ether oxygens (including phenoxy) is 1. The van der Waals surface area contributed by atoms with Crippen LogP contribution in [0.5, 0.6) is 5.75 Å². The van der Waals surface area contributed by atoms with Crippen LogP contribution in [0.25, 0.3) is 0 Å². The summed E-state index contributed by atoms with van der Waals surface area (Å²) in [5.74, 6) is -2.33. The average molecular weight is 430 g/mol. The molecular weight excluding hydrogens is 413 g/mol. The molecule has 0 heterocycles. The maximum absolute atomic E-state index is 13.7. The van der Waals surface area contributed by atoms with Gasteiger partial charge in [-0.05, 0) is 37.3 Å². The van der Waals surface area contributed by atoms with Crippen LogP contribution >= 0.6 is 11.6 Å². The fourth-order valence-electron chi connectivity index (χ4n) is 2.16. The first-order valence-corrected chi connectivity index (χ1v) is 9.72. The molecule has 3 N–H and O–H groups in total. The highest BCUT2D eigenvalue weighted by Crippen LogP contribution is 2.22. The van der Waals surface area contributed by atoms with E-state index in [1.54, 1.807) is 0 Å². The Morgan fingerprint density at radius 1 is 1.14 bits per heavy atom. The summed E-state index contributed by atoms with van der Waals surface area (Å²) in [5.41, 5.74) is 4.33. The third kappa shape index (κ3) is 5.18. The van der Waals surface area contributed by atoms with Crippen molar-refractivity contribution in [2.24, 2.45) is 0 Å². The maximum Gasteiger partial charge on any atom is 0.273 e. The number of nitrogens with one attached hydrogen (secondary N) is 3. The minimum atomic E-state index is -4.27. The third-order valence-corrected chi connectivity index (χ3v) is 5.37. The van der Waals surface area contributed by atoms with Crippen LogP contribution in [-0.4, -0.2) is 33.4 Å². The molecule has 2 aromatic carbocycles. The van der Waals surface area contributed by atoms with E-state index < -0.39 is 38.6 Å². The molecule has 1 atom stereocenters. The van der Waals surface area contributed by atoms with Crippen LogP contribution in [-0.2, 0) is 14.8 Å². The number of rotatable bonds is 6. The highest BCUT2D eigenvalue weighted by atomic mass is 35.5. The molecule has 8 nitrogen and oxygen atoms in total. The Balaban J connectivity index is 2.01. The maximum atomic E-state index is 13.7. The molecule has 2 rings (SSSR count). The summed E-state index contributed by atoms with van der Waals surface area (Å²) < 4.78 is 45.1. The van der Waals surface area contributed by atoms with E-state index >= 15 is 0 Å². The van der Waals surface area contributed by atoms with E-state index in [1.165, 1.54) is 44.4 Å². The molecule has 0 saturated carbocycles. The zero-order valence-electron chi connectivity index (χ0n) is 14.8. The van der Waals surface area contributed by atoms with Crippen molar-refractivity contribution in [1.29, 1.82) is 0 Å². The summed E-state index contributed by atoms with van der Waals surface area (Å²) in [6.07, 6.45) is 0. The number of halogens is 2. The molecule has 0 unspecified atom stereocenters. The Kier molecular flexibility index (Phi) is 6.95. The van der Waals surface area contributed by atoms with Crippen LogP contribution in [0.1, 0.15) is 17.3 Å². The highest BCUT2D eigenvalue weighted by Gasteiger charge is 2.25. The Hall–Kier alpha value is -2.69. The smallest absolute Gasteiger partial charge is 0.273 e. The quantitative estimate of drug-likeness (QED) is 0.604. The summed E-state index contributed by atoms with van der Waals surface area (Å²) in [6.45, 7) is 1.24. The summed E-state index contributed by atoms with van der Waals surface area (Å²) in [7, 11) is -2.93. The van der Waals surface area contributed by atoms with E-state index in [0.717, 1.165) is 12.1 Å². The van der Waals surface area contributed by atoms with Crippen molar-refractivity contribution in [1.82, 2.24) is 15.6 Å². The molecule has 0 aliphatic heterocycles.